The molecule has 0 rings (SSSR count). The lowest BCUT2D eigenvalue weighted by Crippen LogP contribution is -2.29. The molecule has 0 saturated heterocycles. The molecule has 0 aliphatic heterocycles. The summed E-state index contributed by atoms with van der Waals surface area (Å²) in [6, 6.07) is 0. The Balaban J connectivity index is 4.30. The van der Waals surface area contributed by atoms with Gasteiger partial charge >= 0.3 is 0 Å². The first-order valence-electron chi connectivity index (χ1n) is 6.74. The first-order valence-corrected chi connectivity index (χ1v) is 6.74. The summed E-state index contributed by atoms with van der Waals surface area (Å²) >= 11 is 0. The van der Waals surface area contributed by atoms with Crippen LogP contribution in [0.2, 0.25) is 0 Å². The van der Waals surface area contributed by atoms with Crippen LogP contribution in [0.25, 0.3) is 0 Å². The van der Waals surface area contributed by atoms with Crippen LogP contribution >= 0.6 is 0 Å². The maximum absolute atomic E-state index is 10.3. The molecule has 92 valence electrons. The van der Waals surface area contributed by atoms with E-state index in [4.69, 9.17) is 0 Å². The van der Waals surface area contributed by atoms with Crippen LogP contribution < -0.4 is 0 Å². The summed E-state index contributed by atoms with van der Waals surface area (Å²) < 4.78 is 0. The number of rotatable bonds is 8. The molecule has 0 saturated carbocycles. The third kappa shape index (κ3) is 5.55. The molecule has 0 aromatic rings. The van der Waals surface area contributed by atoms with Gasteiger partial charge in [-0.25, -0.2) is 0 Å². The fourth-order valence-corrected chi connectivity index (χ4v) is 2.56. The van der Waals surface area contributed by atoms with Crippen molar-refractivity contribution in [2.24, 2.45) is 17.8 Å². The fraction of sp³-hybridized carbons (Fsp3) is 1.00. The molecule has 0 spiro atoms. The molecule has 0 aliphatic carbocycles. The second-order valence-corrected chi connectivity index (χ2v) is 5.25. The van der Waals surface area contributed by atoms with Crippen molar-refractivity contribution in [2.75, 3.05) is 0 Å². The monoisotopic (exact) mass is 214 g/mol. The summed E-state index contributed by atoms with van der Waals surface area (Å²) in [5.74, 6) is 1.71. The molecular formula is C14H30O. The predicted octanol–water partition coefficient (Wildman–Crippen LogP) is 4.25. The molecule has 15 heavy (non-hydrogen) atoms. The van der Waals surface area contributed by atoms with Gasteiger partial charge in [0.25, 0.3) is 0 Å². The Labute approximate surface area is 96.3 Å². The third-order valence-corrected chi connectivity index (χ3v) is 3.45. The van der Waals surface area contributed by atoms with Crippen molar-refractivity contribution in [1.82, 2.24) is 0 Å². The zero-order chi connectivity index (χ0) is 11.8. The summed E-state index contributed by atoms with van der Waals surface area (Å²) in [6.45, 7) is 11.1. The van der Waals surface area contributed by atoms with E-state index >= 15 is 0 Å². The molecule has 1 nitrogen and oxygen atoms in total. The van der Waals surface area contributed by atoms with E-state index in [1.807, 2.05) is 0 Å². The van der Waals surface area contributed by atoms with E-state index < -0.39 is 0 Å². The lowest BCUT2D eigenvalue weighted by atomic mass is 9.80. The smallest absolute Gasteiger partial charge is 0.0596 e. The fourth-order valence-electron chi connectivity index (χ4n) is 2.56. The number of aliphatic hydroxyl groups excluding tert-OH is 1. The van der Waals surface area contributed by atoms with E-state index in [9.17, 15) is 5.11 Å². The number of hydrogen-bond acceptors (Lipinski definition) is 1. The standard InChI is InChI=1S/C14H30O/c1-6-9-13(10-11(4)5)14(15)12(7-2)8-3/h11-15H,6-10H2,1-5H3. The average Bonchev–Trinajstić information content (AvgIpc) is 2.18. The molecular weight excluding hydrogens is 184 g/mol. The van der Waals surface area contributed by atoms with Gasteiger partial charge in [0.05, 0.1) is 6.10 Å². The third-order valence-electron chi connectivity index (χ3n) is 3.45. The average molecular weight is 214 g/mol. The number of aliphatic hydroxyl groups is 1. The molecule has 1 N–H and O–H groups in total. The van der Waals surface area contributed by atoms with Crippen LogP contribution in [-0.2, 0) is 0 Å². The van der Waals surface area contributed by atoms with Crippen LogP contribution in [0, 0.1) is 17.8 Å². The van der Waals surface area contributed by atoms with Crippen molar-refractivity contribution in [3.8, 4) is 0 Å². The van der Waals surface area contributed by atoms with Gasteiger partial charge in [-0.3, -0.25) is 0 Å². The molecule has 0 radical (unpaired) electrons. The quantitative estimate of drug-likeness (QED) is 0.640. The van der Waals surface area contributed by atoms with Crippen molar-refractivity contribution in [2.45, 2.75) is 72.8 Å². The summed E-state index contributed by atoms with van der Waals surface area (Å²) in [5, 5.41) is 10.3. The number of hydrogen-bond donors (Lipinski definition) is 1. The Bertz CT molecular complexity index is 138. The largest absolute Gasteiger partial charge is 0.393 e. The summed E-state index contributed by atoms with van der Waals surface area (Å²) in [4.78, 5) is 0. The van der Waals surface area contributed by atoms with Gasteiger partial charge in [-0.1, -0.05) is 53.9 Å². The Morgan fingerprint density at radius 1 is 0.933 bits per heavy atom. The molecule has 0 amide bonds. The lowest BCUT2D eigenvalue weighted by molar-refractivity contribution is 0.0331. The molecule has 2 unspecified atom stereocenters. The van der Waals surface area contributed by atoms with Gasteiger partial charge in [0.15, 0.2) is 0 Å². The van der Waals surface area contributed by atoms with Gasteiger partial charge in [-0.05, 0) is 30.6 Å². The van der Waals surface area contributed by atoms with Gasteiger partial charge in [-0.15, -0.1) is 0 Å². The zero-order valence-corrected chi connectivity index (χ0v) is 11.3. The van der Waals surface area contributed by atoms with Crippen molar-refractivity contribution in [3.05, 3.63) is 0 Å². The molecule has 0 bridgehead atoms. The Hall–Kier alpha value is -0.0400. The minimum Gasteiger partial charge on any atom is -0.393 e. The van der Waals surface area contributed by atoms with Gasteiger partial charge in [0.1, 0.15) is 0 Å². The molecule has 0 aromatic heterocycles. The topological polar surface area (TPSA) is 20.2 Å². The van der Waals surface area contributed by atoms with Gasteiger partial charge in [0.2, 0.25) is 0 Å². The van der Waals surface area contributed by atoms with Crippen LogP contribution in [0.3, 0.4) is 0 Å². The second-order valence-electron chi connectivity index (χ2n) is 5.25. The van der Waals surface area contributed by atoms with Gasteiger partial charge in [0, 0.05) is 0 Å². The Morgan fingerprint density at radius 2 is 1.47 bits per heavy atom. The van der Waals surface area contributed by atoms with Crippen LogP contribution in [0.15, 0.2) is 0 Å². The highest BCUT2D eigenvalue weighted by Gasteiger charge is 2.25. The van der Waals surface area contributed by atoms with Crippen LogP contribution in [0.5, 0.6) is 0 Å². The van der Waals surface area contributed by atoms with Crippen molar-refractivity contribution < 1.29 is 5.11 Å². The molecule has 2 atom stereocenters. The summed E-state index contributed by atoms with van der Waals surface area (Å²) in [7, 11) is 0. The van der Waals surface area contributed by atoms with E-state index in [1.165, 1.54) is 19.3 Å². The molecule has 0 fully saturated rings. The molecule has 0 heterocycles. The minimum atomic E-state index is -0.0812. The van der Waals surface area contributed by atoms with Crippen molar-refractivity contribution in [3.63, 3.8) is 0 Å². The van der Waals surface area contributed by atoms with E-state index in [-0.39, 0.29) is 6.10 Å². The second kappa shape index (κ2) is 8.15. The summed E-state index contributed by atoms with van der Waals surface area (Å²) in [6.07, 6.45) is 5.67. The van der Waals surface area contributed by atoms with E-state index in [2.05, 4.69) is 34.6 Å². The normalized spacial score (nSPS) is 16.0. The van der Waals surface area contributed by atoms with E-state index in [1.54, 1.807) is 0 Å². The molecule has 0 aliphatic rings. The maximum Gasteiger partial charge on any atom is 0.0596 e. The van der Waals surface area contributed by atoms with E-state index in [0.29, 0.717) is 17.8 Å². The molecule has 0 aromatic carbocycles. The lowest BCUT2D eigenvalue weighted by Gasteiger charge is -2.29. The van der Waals surface area contributed by atoms with Crippen molar-refractivity contribution >= 4 is 0 Å². The van der Waals surface area contributed by atoms with Crippen LogP contribution in [-0.4, -0.2) is 11.2 Å². The Morgan fingerprint density at radius 3 is 1.80 bits per heavy atom. The predicted molar refractivity (Wildman–Crippen MR) is 67.9 cm³/mol. The summed E-state index contributed by atoms with van der Waals surface area (Å²) in [5.41, 5.74) is 0. The Kier molecular flexibility index (Phi) is 8.13. The highest BCUT2D eigenvalue weighted by Crippen LogP contribution is 2.28. The van der Waals surface area contributed by atoms with Crippen molar-refractivity contribution in [1.29, 1.82) is 0 Å². The van der Waals surface area contributed by atoms with Gasteiger partial charge < -0.3 is 5.11 Å². The highest BCUT2D eigenvalue weighted by atomic mass is 16.3. The SMILES string of the molecule is CCCC(CC(C)C)C(O)C(CC)CC. The maximum atomic E-state index is 10.3. The first-order chi connectivity index (χ1) is 7.06. The molecule has 1 heteroatoms. The van der Waals surface area contributed by atoms with E-state index in [0.717, 1.165) is 12.8 Å². The zero-order valence-electron chi connectivity index (χ0n) is 11.3. The van der Waals surface area contributed by atoms with Crippen LogP contribution in [0.4, 0.5) is 0 Å². The first kappa shape index (κ1) is 15.0. The highest BCUT2D eigenvalue weighted by molar-refractivity contribution is 4.76. The van der Waals surface area contributed by atoms with Crippen LogP contribution in [0.1, 0.15) is 66.7 Å². The minimum absolute atomic E-state index is 0.0812. The van der Waals surface area contributed by atoms with Gasteiger partial charge in [-0.2, -0.15) is 0 Å².